The maximum Gasteiger partial charge on any atom is 0.317 e. The highest BCUT2D eigenvalue weighted by Gasteiger charge is 2.34. The van der Waals surface area contributed by atoms with E-state index < -0.39 is 0 Å². The van der Waals surface area contributed by atoms with Gasteiger partial charge in [0.15, 0.2) is 0 Å². The van der Waals surface area contributed by atoms with Crippen LogP contribution in [-0.2, 0) is 0 Å². The number of amides is 3. The average Bonchev–Trinajstić information content (AvgIpc) is 3.11. The van der Waals surface area contributed by atoms with Gasteiger partial charge >= 0.3 is 6.03 Å². The Hall–Kier alpha value is -2.11. The van der Waals surface area contributed by atoms with Gasteiger partial charge in [-0.2, -0.15) is 0 Å². The lowest BCUT2D eigenvalue weighted by molar-refractivity contribution is 0.0660. The zero-order chi connectivity index (χ0) is 16.2. The Morgan fingerprint density at radius 2 is 1.65 bits per heavy atom. The van der Waals surface area contributed by atoms with Gasteiger partial charge in [0.1, 0.15) is 0 Å². The number of hydrogen-bond acceptors (Lipinski definition) is 3. The number of hydrogen-bond donors (Lipinski definition) is 1. The van der Waals surface area contributed by atoms with Crippen molar-refractivity contribution in [1.82, 2.24) is 20.1 Å². The van der Waals surface area contributed by atoms with Crippen molar-refractivity contribution < 1.29 is 9.59 Å². The van der Waals surface area contributed by atoms with Gasteiger partial charge in [0, 0.05) is 51.2 Å². The molecule has 2 fully saturated rings. The molecule has 1 unspecified atom stereocenters. The number of carbonyl (C=O) groups excluding carboxylic acids is 2. The van der Waals surface area contributed by atoms with E-state index in [9.17, 15) is 9.59 Å². The lowest BCUT2D eigenvalue weighted by Gasteiger charge is -2.34. The van der Waals surface area contributed by atoms with Crippen molar-refractivity contribution in [3.63, 3.8) is 0 Å². The van der Waals surface area contributed by atoms with E-state index in [1.54, 1.807) is 31.6 Å². The molecule has 2 aliphatic heterocycles. The van der Waals surface area contributed by atoms with Crippen molar-refractivity contribution in [3.05, 3.63) is 30.1 Å². The third-order valence-electron chi connectivity index (χ3n) is 5.15. The zero-order valence-corrected chi connectivity index (χ0v) is 13.6. The molecule has 1 aromatic heterocycles. The van der Waals surface area contributed by atoms with E-state index in [1.165, 1.54) is 0 Å². The van der Waals surface area contributed by atoms with Gasteiger partial charge in [-0.25, -0.2) is 4.79 Å². The van der Waals surface area contributed by atoms with Crippen LogP contribution in [0, 0.1) is 11.8 Å². The molecule has 0 bridgehead atoms. The molecule has 1 atom stereocenters. The number of likely N-dealkylation sites (tertiary alicyclic amines) is 2. The summed E-state index contributed by atoms with van der Waals surface area (Å²) in [5.41, 5.74) is 0.713. The Kier molecular flexibility index (Phi) is 4.79. The van der Waals surface area contributed by atoms with Gasteiger partial charge in [-0.1, -0.05) is 0 Å². The van der Waals surface area contributed by atoms with Crippen molar-refractivity contribution in [2.75, 3.05) is 33.2 Å². The van der Waals surface area contributed by atoms with Crippen LogP contribution in [0.2, 0.25) is 0 Å². The first kappa shape index (κ1) is 15.8. The van der Waals surface area contributed by atoms with Crippen LogP contribution in [0.5, 0.6) is 0 Å². The Morgan fingerprint density at radius 3 is 2.30 bits per heavy atom. The van der Waals surface area contributed by atoms with E-state index in [-0.39, 0.29) is 11.9 Å². The molecule has 1 N–H and O–H groups in total. The minimum atomic E-state index is 0.0257. The van der Waals surface area contributed by atoms with E-state index in [0.29, 0.717) is 17.4 Å². The predicted octanol–water partition coefficient (Wildman–Crippen LogP) is 1.60. The summed E-state index contributed by atoms with van der Waals surface area (Å²) >= 11 is 0. The summed E-state index contributed by atoms with van der Waals surface area (Å²) in [6.45, 7) is 3.31. The summed E-state index contributed by atoms with van der Waals surface area (Å²) in [5.74, 6) is 1.29. The quantitative estimate of drug-likeness (QED) is 0.901. The molecule has 0 saturated carbocycles. The number of urea groups is 1. The first-order valence-corrected chi connectivity index (χ1v) is 8.35. The molecule has 3 amide bonds. The smallest absolute Gasteiger partial charge is 0.317 e. The highest BCUT2D eigenvalue weighted by Crippen LogP contribution is 2.32. The predicted molar refractivity (Wildman–Crippen MR) is 87.0 cm³/mol. The molecule has 2 aliphatic rings. The number of nitrogens with one attached hydrogen (secondary N) is 1. The van der Waals surface area contributed by atoms with Crippen LogP contribution in [0.3, 0.4) is 0 Å². The molecular weight excluding hydrogens is 292 g/mol. The summed E-state index contributed by atoms with van der Waals surface area (Å²) in [7, 11) is 1.68. The van der Waals surface area contributed by atoms with Gasteiger partial charge < -0.3 is 15.1 Å². The molecule has 124 valence electrons. The molecular formula is C17H24N4O2. The first-order valence-electron chi connectivity index (χ1n) is 8.35. The largest absolute Gasteiger partial charge is 0.341 e. The highest BCUT2D eigenvalue weighted by atomic mass is 16.2. The zero-order valence-electron chi connectivity index (χ0n) is 13.6. The number of nitrogens with zero attached hydrogens (tertiary/aromatic N) is 3. The molecule has 0 aliphatic carbocycles. The van der Waals surface area contributed by atoms with Gasteiger partial charge in [-0.05, 0) is 43.2 Å². The number of rotatable bonds is 2. The van der Waals surface area contributed by atoms with E-state index in [1.807, 2.05) is 9.80 Å². The van der Waals surface area contributed by atoms with E-state index in [0.717, 1.165) is 45.4 Å². The van der Waals surface area contributed by atoms with Crippen molar-refractivity contribution >= 4 is 11.9 Å². The van der Waals surface area contributed by atoms with Gasteiger partial charge in [0.25, 0.3) is 5.91 Å². The van der Waals surface area contributed by atoms with Crippen LogP contribution in [0.4, 0.5) is 4.79 Å². The van der Waals surface area contributed by atoms with Gasteiger partial charge in [-0.3, -0.25) is 9.78 Å². The number of pyridine rings is 1. The third kappa shape index (κ3) is 3.46. The Labute approximate surface area is 136 Å². The van der Waals surface area contributed by atoms with Gasteiger partial charge in [0.05, 0.1) is 0 Å². The number of piperidine rings is 1. The van der Waals surface area contributed by atoms with Crippen molar-refractivity contribution in [1.29, 1.82) is 0 Å². The summed E-state index contributed by atoms with van der Waals surface area (Å²) in [4.78, 5) is 31.9. The minimum absolute atomic E-state index is 0.0257. The van der Waals surface area contributed by atoms with E-state index in [2.05, 4.69) is 10.3 Å². The number of aromatic nitrogens is 1. The molecule has 1 aromatic rings. The van der Waals surface area contributed by atoms with Crippen molar-refractivity contribution in [2.24, 2.45) is 11.8 Å². The van der Waals surface area contributed by atoms with Crippen LogP contribution < -0.4 is 5.32 Å². The molecule has 3 heterocycles. The molecule has 2 saturated heterocycles. The Morgan fingerprint density at radius 1 is 1.04 bits per heavy atom. The monoisotopic (exact) mass is 316 g/mol. The maximum atomic E-state index is 12.4. The van der Waals surface area contributed by atoms with E-state index in [4.69, 9.17) is 0 Å². The standard InChI is InChI=1S/C17H24N4O2/c1-18-17(23)21-11-6-15(12-21)13-4-9-20(10-5-13)16(22)14-2-7-19-8-3-14/h2-3,7-8,13,15H,4-6,9-12H2,1H3,(H,18,23). The van der Waals surface area contributed by atoms with Crippen LogP contribution in [0.1, 0.15) is 29.6 Å². The Balaban J connectivity index is 1.51. The number of carbonyl (C=O) groups is 2. The lowest BCUT2D eigenvalue weighted by atomic mass is 9.83. The van der Waals surface area contributed by atoms with Crippen molar-refractivity contribution in [3.8, 4) is 0 Å². The molecule has 3 rings (SSSR count). The van der Waals surface area contributed by atoms with Gasteiger partial charge in [-0.15, -0.1) is 0 Å². The summed E-state index contributed by atoms with van der Waals surface area (Å²) in [5, 5.41) is 2.70. The minimum Gasteiger partial charge on any atom is -0.341 e. The molecule has 6 nitrogen and oxygen atoms in total. The lowest BCUT2D eigenvalue weighted by Crippen LogP contribution is -2.41. The second-order valence-electron chi connectivity index (χ2n) is 6.42. The fourth-order valence-electron chi connectivity index (χ4n) is 3.77. The van der Waals surface area contributed by atoms with Crippen molar-refractivity contribution in [2.45, 2.75) is 19.3 Å². The molecule has 0 aromatic carbocycles. The van der Waals surface area contributed by atoms with Gasteiger partial charge in [0.2, 0.25) is 0 Å². The highest BCUT2D eigenvalue weighted by molar-refractivity contribution is 5.94. The van der Waals surface area contributed by atoms with Crippen LogP contribution >= 0.6 is 0 Å². The third-order valence-corrected chi connectivity index (χ3v) is 5.15. The molecule has 0 radical (unpaired) electrons. The average molecular weight is 316 g/mol. The van der Waals surface area contributed by atoms with E-state index >= 15 is 0 Å². The fraction of sp³-hybridized carbons (Fsp3) is 0.588. The maximum absolute atomic E-state index is 12.4. The van der Waals surface area contributed by atoms with Crippen LogP contribution in [-0.4, -0.2) is 59.9 Å². The topological polar surface area (TPSA) is 65.5 Å². The van der Waals surface area contributed by atoms with Crippen LogP contribution in [0.25, 0.3) is 0 Å². The molecule has 0 spiro atoms. The fourth-order valence-corrected chi connectivity index (χ4v) is 3.77. The summed E-state index contributed by atoms with van der Waals surface area (Å²) < 4.78 is 0. The molecule has 6 heteroatoms. The van der Waals surface area contributed by atoms with Crippen LogP contribution in [0.15, 0.2) is 24.5 Å². The summed E-state index contributed by atoms with van der Waals surface area (Å²) in [6, 6.07) is 3.57. The Bertz CT molecular complexity index is 555. The second-order valence-corrected chi connectivity index (χ2v) is 6.42. The first-order chi connectivity index (χ1) is 11.2. The normalized spacial score (nSPS) is 22.2. The molecule has 23 heavy (non-hydrogen) atoms. The second kappa shape index (κ2) is 6.98. The SMILES string of the molecule is CNC(=O)N1CCC(C2CCN(C(=O)c3ccncc3)CC2)C1. The summed E-state index contributed by atoms with van der Waals surface area (Å²) in [6.07, 6.45) is 6.46.